The zero-order valence-corrected chi connectivity index (χ0v) is 12.9. The van der Waals surface area contributed by atoms with Gasteiger partial charge in [0.1, 0.15) is 5.82 Å². The molecule has 0 saturated carbocycles. The van der Waals surface area contributed by atoms with E-state index in [0.717, 1.165) is 11.3 Å². The Bertz CT molecular complexity index is 670. The number of rotatable bonds is 3. The SMILES string of the molecule is C[C@@H]1Cc2c(C(=O)N(C)Cc3ncccn3)n[nH]c2[C@H](C)O1. The van der Waals surface area contributed by atoms with E-state index in [4.69, 9.17) is 4.74 Å². The lowest BCUT2D eigenvalue weighted by Crippen LogP contribution is -2.30. The molecule has 0 spiro atoms. The van der Waals surface area contributed by atoms with E-state index >= 15 is 0 Å². The molecule has 0 aliphatic carbocycles. The van der Waals surface area contributed by atoms with Crippen LogP contribution in [0.5, 0.6) is 0 Å². The van der Waals surface area contributed by atoms with Gasteiger partial charge in [0, 0.05) is 31.4 Å². The van der Waals surface area contributed by atoms with Crippen molar-refractivity contribution in [1.29, 1.82) is 0 Å². The van der Waals surface area contributed by atoms with Gasteiger partial charge in [-0.25, -0.2) is 9.97 Å². The number of carbonyl (C=O) groups is 1. The Morgan fingerprint density at radius 3 is 2.86 bits per heavy atom. The van der Waals surface area contributed by atoms with E-state index in [2.05, 4.69) is 20.2 Å². The summed E-state index contributed by atoms with van der Waals surface area (Å²) in [5.74, 6) is 0.471. The van der Waals surface area contributed by atoms with E-state index in [1.807, 2.05) is 13.8 Å². The predicted octanol–water partition coefficient (Wildman–Crippen LogP) is 1.49. The van der Waals surface area contributed by atoms with Crippen LogP contribution in [0.1, 0.15) is 47.5 Å². The Balaban J connectivity index is 1.81. The van der Waals surface area contributed by atoms with Crippen molar-refractivity contribution in [3.63, 3.8) is 0 Å². The van der Waals surface area contributed by atoms with Gasteiger partial charge in [0.25, 0.3) is 5.91 Å². The van der Waals surface area contributed by atoms with Crippen LogP contribution in [0, 0.1) is 0 Å². The van der Waals surface area contributed by atoms with E-state index in [1.54, 1.807) is 30.4 Å². The summed E-state index contributed by atoms with van der Waals surface area (Å²) in [6.45, 7) is 4.31. The van der Waals surface area contributed by atoms with Crippen LogP contribution in [0.2, 0.25) is 0 Å². The van der Waals surface area contributed by atoms with Crippen molar-refractivity contribution in [2.75, 3.05) is 7.05 Å². The maximum Gasteiger partial charge on any atom is 0.274 e. The monoisotopic (exact) mass is 301 g/mol. The summed E-state index contributed by atoms with van der Waals surface area (Å²) < 4.78 is 5.75. The molecule has 2 aromatic rings. The number of aromatic nitrogens is 4. The lowest BCUT2D eigenvalue weighted by atomic mass is 9.99. The van der Waals surface area contributed by atoms with Gasteiger partial charge in [0.15, 0.2) is 5.69 Å². The van der Waals surface area contributed by atoms with Crippen molar-refractivity contribution in [2.24, 2.45) is 0 Å². The normalized spacial score (nSPS) is 20.5. The number of hydrogen-bond acceptors (Lipinski definition) is 5. The first-order valence-electron chi connectivity index (χ1n) is 7.30. The van der Waals surface area contributed by atoms with Crippen LogP contribution in [-0.2, 0) is 17.7 Å². The number of ether oxygens (including phenoxy) is 1. The molecule has 3 heterocycles. The Kier molecular flexibility index (Phi) is 3.89. The number of fused-ring (bicyclic) bond motifs is 1. The minimum absolute atomic E-state index is 0.0736. The second-order valence-corrected chi connectivity index (χ2v) is 5.58. The standard InChI is InChI=1S/C15H19N5O2/c1-9-7-11-13(10(2)22-9)18-19-14(11)15(21)20(3)8-12-16-5-4-6-17-12/h4-6,9-10H,7-8H2,1-3H3,(H,18,19)/t9-,10+/m1/s1. The van der Waals surface area contributed by atoms with Gasteiger partial charge >= 0.3 is 0 Å². The van der Waals surface area contributed by atoms with Gasteiger partial charge in [-0.2, -0.15) is 5.10 Å². The van der Waals surface area contributed by atoms with Gasteiger partial charge in [0.05, 0.1) is 24.4 Å². The molecule has 1 aliphatic rings. The number of hydrogen-bond donors (Lipinski definition) is 1. The number of nitrogens with zero attached hydrogens (tertiary/aromatic N) is 4. The van der Waals surface area contributed by atoms with Crippen LogP contribution in [0.15, 0.2) is 18.5 Å². The van der Waals surface area contributed by atoms with Gasteiger partial charge in [-0.3, -0.25) is 9.89 Å². The fourth-order valence-corrected chi connectivity index (χ4v) is 2.73. The molecule has 7 nitrogen and oxygen atoms in total. The molecule has 116 valence electrons. The van der Waals surface area contributed by atoms with E-state index in [9.17, 15) is 4.79 Å². The van der Waals surface area contributed by atoms with Crippen LogP contribution in [0.3, 0.4) is 0 Å². The second-order valence-electron chi connectivity index (χ2n) is 5.58. The molecule has 22 heavy (non-hydrogen) atoms. The maximum atomic E-state index is 12.6. The molecule has 0 unspecified atom stereocenters. The first-order valence-corrected chi connectivity index (χ1v) is 7.30. The highest BCUT2D eigenvalue weighted by Gasteiger charge is 2.30. The highest BCUT2D eigenvalue weighted by Crippen LogP contribution is 2.30. The molecule has 0 saturated heterocycles. The molecule has 2 aromatic heterocycles. The molecule has 1 aliphatic heterocycles. The van der Waals surface area contributed by atoms with Crippen LogP contribution >= 0.6 is 0 Å². The molecule has 3 rings (SSSR count). The lowest BCUT2D eigenvalue weighted by molar-refractivity contribution is -0.00701. The molecule has 0 radical (unpaired) electrons. The lowest BCUT2D eigenvalue weighted by Gasteiger charge is -2.25. The Hall–Kier alpha value is -2.28. The van der Waals surface area contributed by atoms with Gasteiger partial charge < -0.3 is 9.64 Å². The third-order valence-corrected chi connectivity index (χ3v) is 3.78. The van der Waals surface area contributed by atoms with Crippen molar-refractivity contribution in [3.8, 4) is 0 Å². The number of H-pyrrole nitrogens is 1. The molecule has 1 amide bonds. The highest BCUT2D eigenvalue weighted by atomic mass is 16.5. The van der Waals surface area contributed by atoms with Crippen molar-refractivity contribution in [3.05, 3.63) is 41.2 Å². The first kappa shape index (κ1) is 14.6. The first-order chi connectivity index (χ1) is 10.6. The fraction of sp³-hybridized carbons (Fsp3) is 0.467. The van der Waals surface area contributed by atoms with E-state index in [-0.39, 0.29) is 18.1 Å². The van der Waals surface area contributed by atoms with Gasteiger partial charge in [-0.15, -0.1) is 0 Å². The Labute approximate surface area is 128 Å². The van der Waals surface area contributed by atoms with Crippen LogP contribution < -0.4 is 0 Å². The van der Waals surface area contributed by atoms with Gasteiger partial charge in [-0.1, -0.05) is 0 Å². The van der Waals surface area contributed by atoms with E-state index < -0.39 is 0 Å². The van der Waals surface area contributed by atoms with Crippen molar-refractivity contribution in [1.82, 2.24) is 25.1 Å². The maximum absolute atomic E-state index is 12.6. The molecule has 0 bridgehead atoms. The fourth-order valence-electron chi connectivity index (χ4n) is 2.73. The summed E-state index contributed by atoms with van der Waals surface area (Å²) in [5.41, 5.74) is 2.32. The smallest absolute Gasteiger partial charge is 0.274 e. The quantitative estimate of drug-likeness (QED) is 0.928. The van der Waals surface area contributed by atoms with Crippen LogP contribution in [-0.4, -0.2) is 44.1 Å². The summed E-state index contributed by atoms with van der Waals surface area (Å²) in [6.07, 6.45) is 4.02. The number of aromatic amines is 1. The van der Waals surface area contributed by atoms with Crippen molar-refractivity contribution >= 4 is 5.91 Å². The summed E-state index contributed by atoms with van der Waals surface area (Å²) in [4.78, 5) is 22.5. The van der Waals surface area contributed by atoms with Crippen molar-refractivity contribution in [2.45, 2.75) is 39.0 Å². The molecular weight excluding hydrogens is 282 g/mol. The van der Waals surface area contributed by atoms with E-state index in [1.165, 1.54) is 0 Å². The van der Waals surface area contributed by atoms with E-state index in [0.29, 0.717) is 24.5 Å². The highest BCUT2D eigenvalue weighted by molar-refractivity contribution is 5.93. The second kappa shape index (κ2) is 5.84. The largest absolute Gasteiger partial charge is 0.369 e. The van der Waals surface area contributed by atoms with Crippen LogP contribution in [0.25, 0.3) is 0 Å². The summed E-state index contributed by atoms with van der Waals surface area (Å²) in [5, 5.41) is 7.15. The zero-order valence-electron chi connectivity index (χ0n) is 12.9. The Morgan fingerprint density at radius 1 is 1.41 bits per heavy atom. The average Bonchev–Trinajstić information content (AvgIpc) is 2.91. The number of carbonyl (C=O) groups excluding carboxylic acids is 1. The topological polar surface area (TPSA) is 84.0 Å². The Morgan fingerprint density at radius 2 is 2.14 bits per heavy atom. The molecular formula is C15H19N5O2. The van der Waals surface area contributed by atoms with Gasteiger partial charge in [0.2, 0.25) is 0 Å². The summed E-state index contributed by atoms with van der Waals surface area (Å²) >= 11 is 0. The van der Waals surface area contributed by atoms with Gasteiger partial charge in [-0.05, 0) is 19.9 Å². The molecule has 7 heteroatoms. The third kappa shape index (κ3) is 2.71. The molecule has 0 aromatic carbocycles. The summed E-state index contributed by atoms with van der Waals surface area (Å²) in [7, 11) is 1.73. The third-order valence-electron chi connectivity index (χ3n) is 3.78. The molecule has 0 fully saturated rings. The predicted molar refractivity (Wildman–Crippen MR) is 79.1 cm³/mol. The molecule has 2 atom stereocenters. The molecule has 1 N–H and O–H groups in total. The number of nitrogens with one attached hydrogen (secondary N) is 1. The average molecular weight is 301 g/mol. The van der Waals surface area contributed by atoms with Crippen molar-refractivity contribution < 1.29 is 9.53 Å². The minimum atomic E-state index is -0.133. The minimum Gasteiger partial charge on any atom is -0.369 e. The summed E-state index contributed by atoms with van der Waals surface area (Å²) in [6, 6.07) is 1.75. The van der Waals surface area contributed by atoms with Crippen LogP contribution in [0.4, 0.5) is 0 Å². The zero-order chi connectivity index (χ0) is 15.7. The number of amides is 1.